The molecule has 0 bridgehead atoms. The third-order valence-corrected chi connectivity index (χ3v) is 5.85. The molecule has 1 atom stereocenters. The predicted molar refractivity (Wildman–Crippen MR) is 79.9 cm³/mol. The zero-order valence-corrected chi connectivity index (χ0v) is 13.1. The van der Waals surface area contributed by atoms with Crippen LogP contribution in [0, 0.1) is 11.3 Å². The number of hydrogen-bond donors (Lipinski definition) is 0. The van der Waals surface area contributed by atoms with Gasteiger partial charge in [0, 0.05) is 45.4 Å². The largest absolute Gasteiger partial charge is 0.384 e. The van der Waals surface area contributed by atoms with E-state index >= 15 is 0 Å². The molecule has 0 saturated carbocycles. The highest BCUT2D eigenvalue weighted by Crippen LogP contribution is 2.44. The lowest BCUT2D eigenvalue weighted by molar-refractivity contribution is -0.0106. The Bertz CT molecular complexity index is 310. The van der Waals surface area contributed by atoms with Crippen molar-refractivity contribution in [2.24, 2.45) is 11.3 Å². The summed E-state index contributed by atoms with van der Waals surface area (Å²) in [6.07, 6.45) is 5.16. The van der Waals surface area contributed by atoms with Crippen molar-refractivity contribution in [3.63, 3.8) is 0 Å². The van der Waals surface area contributed by atoms with E-state index in [9.17, 15) is 0 Å². The fourth-order valence-corrected chi connectivity index (χ4v) is 4.68. The summed E-state index contributed by atoms with van der Waals surface area (Å²) in [7, 11) is 4.12. The molecule has 3 aliphatic rings. The Kier molecular flexibility index (Phi) is 4.65. The molecule has 0 radical (unpaired) electrons. The first kappa shape index (κ1) is 14.8. The molecule has 0 aromatic carbocycles. The zero-order chi connectivity index (χ0) is 14.0. The number of methoxy groups -OCH3 is 1. The van der Waals surface area contributed by atoms with E-state index in [4.69, 9.17) is 9.47 Å². The van der Waals surface area contributed by atoms with Crippen LogP contribution in [0.5, 0.6) is 0 Å². The molecule has 3 rings (SSSR count). The normalized spacial score (nSPS) is 33.0. The molecular weight excluding hydrogens is 252 g/mol. The van der Waals surface area contributed by atoms with Crippen molar-refractivity contribution >= 4 is 0 Å². The second-order valence-corrected chi connectivity index (χ2v) is 7.09. The van der Waals surface area contributed by atoms with Gasteiger partial charge in [0.2, 0.25) is 0 Å². The van der Waals surface area contributed by atoms with Crippen LogP contribution in [0.3, 0.4) is 0 Å². The number of rotatable bonds is 3. The maximum Gasteiger partial charge on any atom is 0.0508 e. The average molecular weight is 282 g/mol. The van der Waals surface area contributed by atoms with Gasteiger partial charge in [-0.2, -0.15) is 0 Å². The summed E-state index contributed by atoms with van der Waals surface area (Å²) < 4.78 is 11.0. The molecule has 3 aliphatic heterocycles. The van der Waals surface area contributed by atoms with Crippen LogP contribution in [0.1, 0.15) is 25.7 Å². The number of nitrogens with zero attached hydrogens (tertiary/aromatic N) is 2. The second-order valence-electron chi connectivity index (χ2n) is 7.09. The number of piperidine rings is 1. The average Bonchev–Trinajstić information content (AvgIpc) is 2.77. The summed E-state index contributed by atoms with van der Waals surface area (Å²) in [6, 6.07) is 0.779. The SMILES string of the molecule is COCC1CN(C)CC12CCN(C1CCOCC1)CC2. The summed E-state index contributed by atoms with van der Waals surface area (Å²) in [6.45, 7) is 7.88. The van der Waals surface area contributed by atoms with Gasteiger partial charge in [0.1, 0.15) is 0 Å². The summed E-state index contributed by atoms with van der Waals surface area (Å²) >= 11 is 0. The molecule has 4 heteroatoms. The van der Waals surface area contributed by atoms with Gasteiger partial charge in [0.05, 0.1) is 6.61 Å². The van der Waals surface area contributed by atoms with E-state index in [0.29, 0.717) is 5.41 Å². The van der Waals surface area contributed by atoms with Crippen LogP contribution >= 0.6 is 0 Å². The monoisotopic (exact) mass is 282 g/mol. The molecule has 20 heavy (non-hydrogen) atoms. The van der Waals surface area contributed by atoms with E-state index < -0.39 is 0 Å². The minimum atomic E-state index is 0.520. The van der Waals surface area contributed by atoms with Gasteiger partial charge in [0.15, 0.2) is 0 Å². The van der Waals surface area contributed by atoms with Crippen molar-refractivity contribution in [2.75, 3.05) is 60.2 Å². The Balaban J connectivity index is 1.58. The first-order valence-corrected chi connectivity index (χ1v) is 8.23. The van der Waals surface area contributed by atoms with Crippen LogP contribution in [0.2, 0.25) is 0 Å². The minimum absolute atomic E-state index is 0.520. The lowest BCUT2D eigenvalue weighted by Gasteiger charge is -2.46. The van der Waals surface area contributed by atoms with Crippen molar-refractivity contribution in [2.45, 2.75) is 31.7 Å². The van der Waals surface area contributed by atoms with Crippen LogP contribution in [-0.2, 0) is 9.47 Å². The Labute approximate surface area is 123 Å². The van der Waals surface area contributed by atoms with E-state index in [1.54, 1.807) is 0 Å². The predicted octanol–water partition coefficient (Wildman–Crippen LogP) is 1.46. The molecule has 0 aromatic heterocycles. The van der Waals surface area contributed by atoms with Crippen molar-refractivity contribution < 1.29 is 9.47 Å². The molecule has 0 amide bonds. The molecule has 1 unspecified atom stereocenters. The van der Waals surface area contributed by atoms with Crippen molar-refractivity contribution in [3.8, 4) is 0 Å². The van der Waals surface area contributed by atoms with Crippen LogP contribution in [0.15, 0.2) is 0 Å². The van der Waals surface area contributed by atoms with Crippen LogP contribution in [0.4, 0.5) is 0 Å². The van der Waals surface area contributed by atoms with Crippen LogP contribution in [-0.4, -0.2) is 76.0 Å². The maximum atomic E-state index is 5.50. The smallest absolute Gasteiger partial charge is 0.0508 e. The lowest BCUT2D eigenvalue weighted by Crippen LogP contribution is -2.49. The number of hydrogen-bond acceptors (Lipinski definition) is 4. The highest BCUT2D eigenvalue weighted by atomic mass is 16.5. The maximum absolute atomic E-state index is 5.50. The van der Waals surface area contributed by atoms with Gasteiger partial charge in [-0.25, -0.2) is 0 Å². The molecule has 3 fully saturated rings. The number of ether oxygens (including phenoxy) is 2. The molecule has 0 aromatic rings. The standard InChI is InChI=1S/C16H30N2O2/c1-17-11-14(12-19-2)16(13-17)5-7-18(8-6-16)15-3-9-20-10-4-15/h14-15H,3-13H2,1-2H3. The Morgan fingerprint density at radius 1 is 1.20 bits per heavy atom. The van der Waals surface area contributed by atoms with Gasteiger partial charge in [-0.15, -0.1) is 0 Å². The summed E-state index contributed by atoms with van der Waals surface area (Å²) in [4.78, 5) is 5.24. The topological polar surface area (TPSA) is 24.9 Å². The van der Waals surface area contributed by atoms with Gasteiger partial charge >= 0.3 is 0 Å². The first-order valence-electron chi connectivity index (χ1n) is 8.23. The molecule has 3 heterocycles. The van der Waals surface area contributed by atoms with Gasteiger partial charge in [-0.05, 0) is 51.2 Å². The highest BCUT2D eigenvalue weighted by molar-refractivity contribution is 4.99. The lowest BCUT2D eigenvalue weighted by atomic mass is 9.71. The summed E-state index contributed by atoms with van der Waals surface area (Å²) in [5.74, 6) is 0.731. The molecule has 3 saturated heterocycles. The minimum Gasteiger partial charge on any atom is -0.384 e. The van der Waals surface area contributed by atoms with E-state index in [1.165, 1.54) is 51.9 Å². The molecule has 4 nitrogen and oxygen atoms in total. The van der Waals surface area contributed by atoms with Crippen molar-refractivity contribution in [3.05, 3.63) is 0 Å². The van der Waals surface area contributed by atoms with Gasteiger partial charge in [-0.1, -0.05) is 0 Å². The third kappa shape index (κ3) is 2.89. The van der Waals surface area contributed by atoms with E-state index in [0.717, 1.165) is 31.8 Å². The zero-order valence-electron chi connectivity index (χ0n) is 13.1. The van der Waals surface area contributed by atoms with E-state index in [2.05, 4.69) is 16.8 Å². The van der Waals surface area contributed by atoms with Crippen LogP contribution in [0.25, 0.3) is 0 Å². The van der Waals surface area contributed by atoms with Crippen molar-refractivity contribution in [1.29, 1.82) is 0 Å². The first-order chi connectivity index (χ1) is 9.73. The number of likely N-dealkylation sites (tertiary alicyclic amines) is 2. The Morgan fingerprint density at radius 3 is 2.55 bits per heavy atom. The summed E-state index contributed by atoms with van der Waals surface area (Å²) in [5.41, 5.74) is 0.520. The quantitative estimate of drug-likeness (QED) is 0.782. The van der Waals surface area contributed by atoms with Gasteiger partial charge in [-0.3, -0.25) is 0 Å². The highest BCUT2D eigenvalue weighted by Gasteiger charge is 2.47. The fraction of sp³-hybridized carbons (Fsp3) is 1.00. The van der Waals surface area contributed by atoms with Gasteiger partial charge < -0.3 is 19.3 Å². The van der Waals surface area contributed by atoms with Gasteiger partial charge in [0.25, 0.3) is 0 Å². The molecular formula is C16H30N2O2. The Hall–Kier alpha value is -0.160. The molecule has 1 spiro atoms. The molecule has 0 aliphatic carbocycles. The molecule has 0 N–H and O–H groups in total. The van der Waals surface area contributed by atoms with E-state index in [-0.39, 0.29) is 0 Å². The third-order valence-electron chi connectivity index (χ3n) is 5.85. The Morgan fingerprint density at radius 2 is 1.90 bits per heavy atom. The summed E-state index contributed by atoms with van der Waals surface area (Å²) in [5, 5.41) is 0. The second kappa shape index (κ2) is 6.30. The van der Waals surface area contributed by atoms with Crippen LogP contribution < -0.4 is 0 Å². The fourth-order valence-electron chi connectivity index (χ4n) is 4.68. The van der Waals surface area contributed by atoms with E-state index in [1.807, 2.05) is 7.11 Å². The molecule has 116 valence electrons. The van der Waals surface area contributed by atoms with Crippen molar-refractivity contribution in [1.82, 2.24) is 9.80 Å².